The minimum Gasteiger partial charge on any atom is -0.411 e. The molecule has 1 aliphatic rings. The van der Waals surface area contributed by atoms with E-state index in [1.54, 1.807) is 7.11 Å². The van der Waals surface area contributed by atoms with Crippen LogP contribution in [0.1, 0.15) is 26.2 Å². The van der Waals surface area contributed by atoms with Crippen LogP contribution in [-0.4, -0.2) is 24.6 Å². The third kappa shape index (κ3) is 2.84. The quantitative estimate of drug-likeness (QED) is 0.414. The monoisotopic (exact) mass is 183 g/mol. The van der Waals surface area contributed by atoms with Gasteiger partial charge in [0.1, 0.15) is 0 Å². The van der Waals surface area contributed by atoms with E-state index in [4.69, 9.17) is 9.94 Å². The molecule has 74 valence electrons. The fourth-order valence-corrected chi connectivity index (χ4v) is 1.68. The van der Waals surface area contributed by atoms with E-state index in [1.165, 1.54) is 6.21 Å². The Morgan fingerprint density at radius 3 is 3.00 bits per heavy atom. The molecule has 0 spiro atoms. The molecule has 1 aliphatic carbocycles. The molecule has 3 nitrogen and oxygen atoms in total. The maximum Gasteiger partial charge on any atom is 0.0690 e. The number of rotatable bonds is 3. The topological polar surface area (TPSA) is 41.8 Å². The highest BCUT2D eigenvalue weighted by molar-refractivity contribution is 5.78. The van der Waals surface area contributed by atoms with Gasteiger partial charge < -0.3 is 9.94 Å². The molecule has 13 heavy (non-hydrogen) atoms. The Balaban J connectivity index is 2.46. The lowest BCUT2D eigenvalue weighted by atomic mass is 9.86. The molecule has 0 amide bonds. The molecule has 0 aromatic rings. The first-order valence-electron chi connectivity index (χ1n) is 4.67. The van der Waals surface area contributed by atoms with E-state index in [0.717, 1.165) is 24.8 Å². The van der Waals surface area contributed by atoms with E-state index < -0.39 is 0 Å². The molecule has 0 fully saturated rings. The molecule has 0 saturated carbocycles. The van der Waals surface area contributed by atoms with Gasteiger partial charge in [0, 0.05) is 7.11 Å². The molecule has 3 heteroatoms. The summed E-state index contributed by atoms with van der Waals surface area (Å²) < 4.78 is 5.27. The summed E-state index contributed by atoms with van der Waals surface area (Å²) in [5.41, 5.74) is 1.13. The summed E-state index contributed by atoms with van der Waals surface area (Å²) >= 11 is 0. The molecule has 0 heterocycles. The van der Waals surface area contributed by atoms with Crippen LogP contribution in [0.25, 0.3) is 0 Å². The van der Waals surface area contributed by atoms with Crippen LogP contribution in [0.4, 0.5) is 0 Å². The van der Waals surface area contributed by atoms with Gasteiger partial charge in [-0.05, 0) is 37.7 Å². The van der Waals surface area contributed by atoms with Crippen LogP contribution in [-0.2, 0) is 4.74 Å². The molecule has 0 radical (unpaired) electrons. The summed E-state index contributed by atoms with van der Waals surface area (Å²) in [5.74, 6) is 0.612. The van der Waals surface area contributed by atoms with Crippen molar-refractivity contribution in [2.45, 2.75) is 32.3 Å². The highest BCUT2D eigenvalue weighted by atomic mass is 16.5. The average Bonchev–Trinajstić information content (AvgIpc) is 2.18. The lowest BCUT2D eigenvalue weighted by molar-refractivity contribution is 0.0627. The van der Waals surface area contributed by atoms with Crippen molar-refractivity contribution in [3.63, 3.8) is 0 Å². The summed E-state index contributed by atoms with van der Waals surface area (Å²) in [6, 6.07) is 0. The molecule has 0 aromatic carbocycles. The zero-order valence-electron chi connectivity index (χ0n) is 8.23. The lowest BCUT2D eigenvalue weighted by Gasteiger charge is -2.25. The van der Waals surface area contributed by atoms with Crippen molar-refractivity contribution in [2.24, 2.45) is 11.1 Å². The van der Waals surface area contributed by atoms with Gasteiger partial charge in [-0.25, -0.2) is 0 Å². The zero-order valence-corrected chi connectivity index (χ0v) is 8.23. The third-order valence-electron chi connectivity index (χ3n) is 2.75. The number of ether oxygens (including phenoxy) is 1. The van der Waals surface area contributed by atoms with Crippen LogP contribution in [0.15, 0.2) is 16.8 Å². The Hall–Kier alpha value is -0.830. The number of oxime groups is 1. The Labute approximate surface area is 79.1 Å². The van der Waals surface area contributed by atoms with Crippen LogP contribution in [0.3, 0.4) is 0 Å². The first-order chi connectivity index (χ1) is 6.27. The van der Waals surface area contributed by atoms with Gasteiger partial charge >= 0.3 is 0 Å². The SMILES string of the molecule is COC(C)C1CC=C(C=NO)CC1. The van der Waals surface area contributed by atoms with Gasteiger partial charge in [-0.1, -0.05) is 11.2 Å². The Morgan fingerprint density at radius 2 is 2.54 bits per heavy atom. The highest BCUT2D eigenvalue weighted by Gasteiger charge is 2.19. The van der Waals surface area contributed by atoms with Crippen molar-refractivity contribution in [3.05, 3.63) is 11.6 Å². The van der Waals surface area contributed by atoms with Gasteiger partial charge in [0.15, 0.2) is 0 Å². The number of methoxy groups -OCH3 is 1. The van der Waals surface area contributed by atoms with E-state index in [1.807, 2.05) is 0 Å². The second-order valence-electron chi connectivity index (χ2n) is 3.50. The molecule has 0 aliphatic heterocycles. The Kier molecular flexibility index (Phi) is 3.96. The second kappa shape index (κ2) is 5.02. The Bertz CT molecular complexity index is 211. The van der Waals surface area contributed by atoms with Crippen LogP contribution < -0.4 is 0 Å². The van der Waals surface area contributed by atoms with Gasteiger partial charge in [-0.2, -0.15) is 0 Å². The summed E-state index contributed by atoms with van der Waals surface area (Å²) in [5, 5.41) is 11.4. The second-order valence-corrected chi connectivity index (χ2v) is 3.50. The van der Waals surface area contributed by atoms with Gasteiger partial charge in [0.2, 0.25) is 0 Å². The minimum atomic E-state index is 0.323. The third-order valence-corrected chi connectivity index (χ3v) is 2.75. The maximum atomic E-state index is 8.34. The van der Waals surface area contributed by atoms with Crippen molar-refractivity contribution in [3.8, 4) is 0 Å². The summed E-state index contributed by atoms with van der Waals surface area (Å²) in [4.78, 5) is 0. The lowest BCUT2D eigenvalue weighted by Crippen LogP contribution is -2.21. The number of nitrogens with zero attached hydrogens (tertiary/aromatic N) is 1. The largest absolute Gasteiger partial charge is 0.411 e. The fraction of sp³-hybridized carbons (Fsp3) is 0.700. The average molecular weight is 183 g/mol. The molecule has 2 unspecified atom stereocenters. The number of hydrogen-bond acceptors (Lipinski definition) is 3. The van der Waals surface area contributed by atoms with E-state index in [-0.39, 0.29) is 0 Å². The Morgan fingerprint density at radius 1 is 1.77 bits per heavy atom. The van der Waals surface area contributed by atoms with Crippen molar-refractivity contribution in [1.82, 2.24) is 0 Å². The fourth-order valence-electron chi connectivity index (χ4n) is 1.68. The van der Waals surface area contributed by atoms with Gasteiger partial charge in [0.05, 0.1) is 12.3 Å². The van der Waals surface area contributed by atoms with Crippen molar-refractivity contribution < 1.29 is 9.94 Å². The molecule has 0 aromatic heterocycles. The normalized spacial score (nSPS) is 26.0. The van der Waals surface area contributed by atoms with Gasteiger partial charge in [-0.3, -0.25) is 0 Å². The molecular weight excluding hydrogens is 166 g/mol. The van der Waals surface area contributed by atoms with E-state index in [9.17, 15) is 0 Å². The maximum absolute atomic E-state index is 8.34. The highest BCUT2D eigenvalue weighted by Crippen LogP contribution is 2.26. The van der Waals surface area contributed by atoms with Crippen molar-refractivity contribution >= 4 is 6.21 Å². The van der Waals surface area contributed by atoms with E-state index >= 15 is 0 Å². The summed E-state index contributed by atoms with van der Waals surface area (Å²) in [6.07, 6.45) is 7.10. The predicted octanol–water partition coefficient (Wildman–Crippen LogP) is 2.21. The van der Waals surface area contributed by atoms with Gasteiger partial charge in [0.25, 0.3) is 0 Å². The zero-order chi connectivity index (χ0) is 9.68. The van der Waals surface area contributed by atoms with Crippen LogP contribution >= 0.6 is 0 Å². The standard InChI is InChI=1S/C10H17NO2/c1-8(13-2)10-5-3-9(4-6-10)7-11-12/h3,7-8,10,12H,4-6H2,1-2H3. The number of allylic oxidation sites excluding steroid dienone is 2. The number of hydrogen-bond donors (Lipinski definition) is 1. The van der Waals surface area contributed by atoms with E-state index in [2.05, 4.69) is 18.2 Å². The van der Waals surface area contributed by atoms with Crippen LogP contribution in [0.2, 0.25) is 0 Å². The molecular formula is C10H17NO2. The summed E-state index contributed by atoms with van der Waals surface area (Å²) in [6.45, 7) is 2.10. The molecule has 1 N–H and O–H groups in total. The first-order valence-corrected chi connectivity index (χ1v) is 4.67. The van der Waals surface area contributed by atoms with Crippen molar-refractivity contribution in [2.75, 3.05) is 7.11 Å². The molecule has 0 saturated heterocycles. The van der Waals surface area contributed by atoms with Crippen LogP contribution in [0.5, 0.6) is 0 Å². The molecule has 2 atom stereocenters. The van der Waals surface area contributed by atoms with Crippen LogP contribution in [0, 0.1) is 5.92 Å². The summed E-state index contributed by atoms with van der Waals surface area (Å²) in [7, 11) is 1.75. The predicted molar refractivity (Wildman–Crippen MR) is 52.2 cm³/mol. The minimum absolute atomic E-state index is 0.323. The molecule has 0 bridgehead atoms. The van der Waals surface area contributed by atoms with E-state index in [0.29, 0.717) is 12.0 Å². The van der Waals surface area contributed by atoms with Crippen molar-refractivity contribution in [1.29, 1.82) is 0 Å². The smallest absolute Gasteiger partial charge is 0.0690 e. The molecule has 1 rings (SSSR count). The first kappa shape index (κ1) is 10.3. The van der Waals surface area contributed by atoms with Gasteiger partial charge in [-0.15, -0.1) is 0 Å².